The number of aromatic nitrogens is 4. The number of nitrogens with zero attached hydrogens (tertiary/aromatic N) is 4. The van der Waals surface area contributed by atoms with Gasteiger partial charge in [-0.05, 0) is 31.4 Å². The van der Waals surface area contributed by atoms with Crippen LogP contribution in [0.5, 0.6) is 0 Å². The number of aromatic amines is 1. The number of piperidine rings is 1. The van der Waals surface area contributed by atoms with Crippen molar-refractivity contribution >= 4 is 33.6 Å². The molecule has 0 unspecified atom stereocenters. The van der Waals surface area contributed by atoms with Gasteiger partial charge in [-0.1, -0.05) is 16.6 Å². The van der Waals surface area contributed by atoms with Crippen molar-refractivity contribution in [3.8, 4) is 0 Å². The number of hydrogen-bond acceptors (Lipinski definition) is 5. The van der Waals surface area contributed by atoms with Gasteiger partial charge in [0.15, 0.2) is 0 Å². The Morgan fingerprint density at radius 2 is 2.38 bits per heavy atom. The number of rotatable bonds is 2. The fraction of sp³-hybridized carbons (Fsp3) is 0.375. The number of nitrogens with one attached hydrogen (secondary N) is 2. The fourth-order valence-electron chi connectivity index (χ4n) is 3.18. The summed E-state index contributed by atoms with van der Waals surface area (Å²) in [5, 5.41) is 7.25. The van der Waals surface area contributed by atoms with Crippen LogP contribution in [0, 0.1) is 6.92 Å². The second kappa shape index (κ2) is 6.20. The maximum Gasteiger partial charge on any atom is 0.322 e. The average Bonchev–Trinajstić information content (AvgIpc) is 3.25. The first-order valence-corrected chi connectivity index (χ1v) is 8.76. The van der Waals surface area contributed by atoms with Crippen molar-refractivity contribution in [1.82, 2.24) is 24.5 Å². The molecular formula is C16H18N6OS. The maximum absolute atomic E-state index is 12.4. The summed E-state index contributed by atoms with van der Waals surface area (Å²) in [4.78, 5) is 22.4. The third kappa shape index (κ3) is 2.84. The number of imidazole rings is 1. The van der Waals surface area contributed by atoms with Crippen LogP contribution in [0.15, 0.2) is 24.4 Å². The van der Waals surface area contributed by atoms with E-state index in [1.807, 2.05) is 17.0 Å². The highest BCUT2D eigenvalue weighted by Crippen LogP contribution is 2.28. The second-order valence-corrected chi connectivity index (χ2v) is 6.88. The highest BCUT2D eigenvalue weighted by Gasteiger charge is 2.27. The van der Waals surface area contributed by atoms with Crippen molar-refractivity contribution < 1.29 is 4.79 Å². The summed E-state index contributed by atoms with van der Waals surface area (Å²) in [6.45, 7) is 3.49. The number of amides is 2. The molecule has 8 heteroatoms. The van der Waals surface area contributed by atoms with Crippen LogP contribution >= 0.6 is 11.5 Å². The average molecular weight is 342 g/mol. The maximum atomic E-state index is 12.4. The molecule has 1 aliphatic heterocycles. The van der Waals surface area contributed by atoms with Gasteiger partial charge in [0.1, 0.15) is 10.8 Å². The number of anilines is 1. The molecule has 0 saturated carbocycles. The van der Waals surface area contributed by atoms with Gasteiger partial charge < -0.3 is 9.88 Å². The van der Waals surface area contributed by atoms with E-state index in [2.05, 4.69) is 32.9 Å². The molecule has 1 aromatic carbocycles. The highest BCUT2D eigenvalue weighted by molar-refractivity contribution is 7.10. The SMILES string of the molecule is Cc1cccc2[nH]c([C@@H]3CCCN(C(=O)Nc4cnns4)C3)nc12. The summed E-state index contributed by atoms with van der Waals surface area (Å²) in [5.41, 5.74) is 3.24. The van der Waals surface area contributed by atoms with Gasteiger partial charge in [0.2, 0.25) is 0 Å². The van der Waals surface area contributed by atoms with Crippen molar-refractivity contribution in [3.63, 3.8) is 0 Å². The number of urea groups is 1. The van der Waals surface area contributed by atoms with Crippen LogP contribution in [0.3, 0.4) is 0 Å². The number of aryl methyl sites for hydroxylation is 1. The minimum absolute atomic E-state index is 0.0990. The highest BCUT2D eigenvalue weighted by atomic mass is 32.1. The molecule has 0 radical (unpaired) electrons. The van der Waals surface area contributed by atoms with Crippen LogP contribution < -0.4 is 5.32 Å². The Kier molecular flexibility index (Phi) is 3.89. The molecule has 1 saturated heterocycles. The lowest BCUT2D eigenvalue weighted by Gasteiger charge is -2.31. The zero-order valence-electron chi connectivity index (χ0n) is 13.3. The summed E-state index contributed by atoms with van der Waals surface area (Å²) in [6.07, 6.45) is 3.56. The molecule has 24 heavy (non-hydrogen) atoms. The molecule has 0 spiro atoms. The molecule has 124 valence electrons. The van der Waals surface area contributed by atoms with Crippen molar-refractivity contribution in [2.75, 3.05) is 18.4 Å². The molecule has 1 aliphatic rings. The molecule has 1 fully saturated rings. The quantitative estimate of drug-likeness (QED) is 0.749. The molecule has 0 aliphatic carbocycles. The summed E-state index contributed by atoms with van der Waals surface area (Å²) in [5.74, 6) is 1.20. The summed E-state index contributed by atoms with van der Waals surface area (Å²) in [6, 6.07) is 6.04. The van der Waals surface area contributed by atoms with Crippen LogP contribution in [-0.2, 0) is 0 Å². The topological polar surface area (TPSA) is 86.8 Å². The van der Waals surface area contributed by atoms with Crippen molar-refractivity contribution in [1.29, 1.82) is 0 Å². The second-order valence-electron chi connectivity index (χ2n) is 6.09. The lowest BCUT2D eigenvalue weighted by atomic mass is 9.97. The number of fused-ring (bicyclic) bond motifs is 1. The van der Waals surface area contributed by atoms with Crippen LogP contribution in [0.25, 0.3) is 11.0 Å². The number of carbonyl (C=O) groups excluding carboxylic acids is 1. The third-order valence-corrected chi connectivity index (χ3v) is 5.00. The number of carbonyl (C=O) groups is 1. The normalized spacial score (nSPS) is 18.0. The van der Waals surface area contributed by atoms with E-state index in [4.69, 9.17) is 4.98 Å². The molecule has 4 rings (SSSR count). The van der Waals surface area contributed by atoms with Gasteiger partial charge in [-0.3, -0.25) is 5.32 Å². The monoisotopic (exact) mass is 342 g/mol. The smallest absolute Gasteiger partial charge is 0.322 e. The molecule has 3 heterocycles. The van der Waals surface area contributed by atoms with E-state index in [1.54, 1.807) is 6.20 Å². The van der Waals surface area contributed by atoms with Gasteiger partial charge in [0.25, 0.3) is 0 Å². The largest absolute Gasteiger partial charge is 0.342 e. The molecule has 2 N–H and O–H groups in total. The number of H-pyrrole nitrogens is 1. The Morgan fingerprint density at radius 3 is 3.17 bits per heavy atom. The molecular weight excluding hydrogens is 324 g/mol. The van der Waals surface area contributed by atoms with E-state index in [9.17, 15) is 4.79 Å². The Morgan fingerprint density at radius 1 is 1.46 bits per heavy atom. The Labute approximate surface area is 143 Å². The minimum Gasteiger partial charge on any atom is -0.342 e. The number of para-hydroxylation sites is 1. The molecule has 2 amide bonds. The first-order valence-electron chi connectivity index (χ1n) is 7.99. The van der Waals surface area contributed by atoms with Crippen LogP contribution in [0.4, 0.5) is 9.80 Å². The van der Waals surface area contributed by atoms with Crippen LogP contribution in [0.1, 0.15) is 30.1 Å². The van der Waals surface area contributed by atoms with Crippen molar-refractivity contribution in [3.05, 3.63) is 35.8 Å². The Bertz CT molecular complexity index is 859. The van der Waals surface area contributed by atoms with Gasteiger partial charge in [-0.15, -0.1) is 5.10 Å². The van der Waals surface area contributed by atoms with Gasteiger partial charge in [0, 0.05) is 30.5 Å². The number of benzene rings is 1. The van der Waals surface area contributed by atoms with E-state index < -0.39 is 0 Å². The minimum atomic E-state index is -0.0990. The van der Waals surface area contributed by atoms with Crippen molar-refractivity contribution in [2.24, 2.45) is 0 Å². The van der Waals surface area contributed by atoms with E-state index in [0.29, 0.717) is 11.5 Å². The summed E-state index contributed by atoms with van der Waals surface area (Å²) < 4.78 is 3.76. The van der Waals surface area contributed by atoms with Gasteiger partial charge in [0.05, 0.1) is 17.2 Å². The Balaban J connectivity index is 1.51. The predicted molar refractivity (Wildman–Crippen MR) is 93.3 cm³/mol. The van der Waals surface area contributed by atoms with E-state index in [1.165, 1.54) is 11.5 Å². The molecule has 1 atom stereocenters. The lowest BCUT2D eigenvalue weighted by molar-refractivity contribution is 0.191. The third-order valence-electron chi connectivity index (χ3n) is 4.42. The number of likely N-dealkylation sites (tertiary alicyclic amines) is 1. The predicted octanol–water partition coefficient (Wildman–Crippen LogP) is 3.13. The van der Waals surface area contributed by atoms with Crippen LogP contribution in [0.2, 0.25) is 0 Å². The van der Waals surface area contributed by atoms with E-state index >= 15 is 0 Å². The molecule has 7 nitrogen and oxygen atoms in total. The zero-order chi connectivity index (χ0) is 16.5. The first-order chi connectivity index (χ1) is 11.7. The standard InChI is InChI=1S/C16H18N6OS/c1-10-4-2-6-12-14(10)20-15(18-12)11-5-3-7-22(9-11)16(23)19-13-8-17-21-24-13/h2,4,6,8,11H,3,5,7,9H2,1H3,(H,18,20)(H,19,23)/t11-/m1/s1. The van der Waals surface area contributed by atoms with Crippen LogP contribution in [-0.4, -0.2) is 43.6 Å². The molecule has 3 aromatic rings. The number of hydrogen-bond donors (Lipinski definition) is 2. The van der Waals surface area contributed by atoms with Gasteiger partial charge >= 0.3 is 6.03 Å². The first kappa shape index (κ1) is 15.1. The molecule has 2 aromatic heterocycles. The van der Waals surface area contributed by atoms with Gasteiger partial charge in [-0.2, -0.15) is 0 Å². The molecule has 0 bridgehead atoms. The lowest BCUT2D eigenvalue weighted by Crippen LogP contribution is -2.41. The van der Waals surface area contributed by atoms with E-state index in [0.717, 1.165) is 41.8 Å². The summed E-state index contributed by atoms with van der Waals surface area (Å²) >= 11 is 1.18. The van der Waals surface area contributed by atoms with E-state index in [-0.39, 0.29) is 11.9 Å². The fourth-order valence-corrected chi connectivity index (χ4v) is 3.59. The summed E-state index contributed by atoms with van der Waals surface area (Å²) in [7, 11) is 0. The van der Waals surface area contributed by atoms with Crippen molar-refractivity contribution in [2.45, 2.75) is 25.7 Å². The van der Waals surface area contributed by atoms with Gasteiger partial charge in [-0.25, -0.2) is 9.78 Å². The zero-order valence-corrected chi connectivity index (χ0v) is 14.1. The Hall–Kier alpha value is -2.48.